The number of ether oxygens (including phenoxy) is 4. The summed E-state index contributed by atoms with van der Waals surface area (Å²) in [6.45, 7) is 3.84. The van der Waals surface area contributed by atoms with E-state index >= 15 is 19.2 Å². The zero-order valence-corrected chi connectivity index (χ0v) is 41.0. The van der Waals surface area contributed by atoms with Gasteiger partial charge in [-0.15, -0.1) is 0 Å². The lowest BCUT2D eigenvalue weighted by molar-refractivity contribution is -0.179. The van der Waals surface area contributed by atoms with Crippen molar-refractivity contribution in [2.45, 2.75) is 81.6 Å². The molecule has 5 aromatic rings. The maximum absolute atomic E-state index is 16.9. The van der Waals surface area contributed by atoms with Crippen LogP contribution in [0.15, 0.2) is 127 Å². The number of esters is 2. The van der Waals surface area contributed by atoms with E-state index in [1.54, 1.807) is 74.4 Å². The number of aliphatic hydroxyl groups is 1. The number of hydrogen-bond donors (Lipinski definition) is 2. The third-order valence-corrected chi connectivity index (χ3v) is 14.5. The number of nitrogens with zero attached hydrogens (tertiary/aromatic N) is 3. The lowest BCUT2D eigenvalue weighted by Gasteiger charge is -2.46. The van der Waals surface area contributed by atoms with Gasteiger partial charge in [0.2, 0.25) is 11.8 Å². The van der Waals surface area contributed by atoms with E-state index in [0.29, 0.717) is 59.7 Å². The fraction of sp³-hybridized carbons (Fsp3) is 0.362. The Morgan fingerprint density at radius 3 is 2.06 bits per heavy atom. The van der Waals surface area contributed by atoms with E-state index in [9.17, 15) is 9.90 Å². The second-order valence-corrected chi connectivity index (χ2v) is 19.0. The Bertz CT molecular complexity index is 2860. The van der Waals surface area contributed by atoms with E-state index < -0.39 is 77.3 Å². The van der Waals surface area contributed by atoms with Crippen molar-refractivity contribution in [3.63, 3.8) is 0 Å². The summed E-state index contributed by atoms with van der Waals surface area (Å²) in [6, 6.07) is 32.9. The van der Waals surface area contributed by atoms with Gasteiger partial charge in [0.1, 0.15) is 41.7 Å². The minimum Gasteiger partial charge on any atom is -0.497 e. The Labute approximate surface area is 420 Å². The van der Waals surface area contributed by atoms with Crippen molar-refractivity contribution < 1.29 is 48.0 Å². The highest BCUT2D eigenvalue weighted by Crippen LogP contribution is 2.67. The average molecular weight is 973 g/mol. The topological polar surface area (TPSA) is 164 Å². The summed E-state index contributed by atoms with van der Waals surface area (Å²) >= 11 is 0. The lowest BCUT2D eigenvalue weighted by atomic mass is 9.64. The zero-order valence-electron chi connectivity index (χ0n) is 41.0. The van der Waals surface area contributed by atoms with Crippen LogP contribution in [-0.4, -0.2) is 97.3 Å². The number of methoxy groups -OCH3 is 2. The number of fused-ring (bicyclic) bond motifs is 3. The summed E-state index contributed by atoms with van der Waals surface area (Å²) in [5.74, 6) is 2.87. The molecule has 4 aliphatic heterocycles. The number of imide groups is 1. The molecule has 4 heterocycles. The van der Waals surface area contributed by atoms with Gasteiger partial charge < -0.3 is 34.3 Å². The third-order valence-electron chi connectivity index (χ3n) is 14.5. The molecule has 72 heavy (non-hydrogen) atoms. The molecule has 0 saturated carbocycles. The van der Waals surface area contributed by atoms with E-state index in [1.807, 2.05) is 83.8 Å². The van der Waals surface area contributed by atoms with E-state index in [2.05, 4.69) is 17.2 Å². The Kier molecular flexibility index (Phi) is 14.8. The van der Waals surface area contributed by atoms with Crippen molar-refractivity contribution in [2.24, 2.45) is 11.8 Å². The molecule has 14 nitrogen and oxygen atoms in total. The summed E-state index contributed by atoms with van der Waals surface area (Å²) in [5, 5.41) is 13.0. The molecule has 3 fully saturated rings. The van der Waals surface area contributed by atoms with Gasteiger partial charge >= 0.3 is 18.0 Å². The molecule has 9 rings (SSSR count). The number of likely N-dealkylation sites (tertiary alicyclic amines) is 1. The number of urea groups is 1. The van der Waals surface area contributed by atoms with Crippen molar-refractivity contribution in [1.29, 1.82) is 0 Å². The fourth-order valence-corrected chi connectivity index (χ4v) is 11.2. The van der Waals surface area contributed by atoms with Gasteiger partial charge in [-0.1, -0.05) is 124 Å². The van der Waals surface area contributed by atoms with E-state index in [-0.39, 0.29) is 24.5 Å². The number of para-hydroxylation sites is 1. The van der Waals surface area contributed by atoms with Crippen molar-refractivity contribution in [3.8, 4) is 23.3 Å². The number of rotatable bonds is 11. The van der Waals surface area contributed by atoms with Gasteiger partial charge in [-0.3, -0.25) is 19.3 Å². The van der Waals surface area contributed by atoms with Crippen molar-refractivity contribution >= 4 is 35.5 Å². The maximum atomic E-state index is 16.9. The largest absolute Gasteiger partial charge is 0.497 e. The van der Waals surface area contributed by atoms with Gasteiger partial charge in [0, 0.05) is 29.8 Å². The number of aliphatic hydroxyl groups excluding tert-OH is 1. The normalized spacial score (nSPS) is 23.2. The molecule has 3 saturated heterocycles. The Morgan fingerprint density at radius 1 is 0.778 bits per heavy atom. The second-order valence-electron chi connectivity index (χ2n) is 19.0. The predicted molar refractivity (Wildman–Crippen MR) is 269 cm³/mol. The predicted octanol–water partition coefficient (Wildman–Crippen LogP) is 7.83. The van der Waals surface area contributed by atoms with E-state index in [0.717, 1.165) is 29.7 Å². The average Bonchev–Trinajstić information content (AvgIpc) is 3.85. The highest BCUT2D eigenvalue weighted by atomic mass is 16.6. The molecule has 0 aliphatic carbocycles. The SMILES string of the molecule is COC(=O)C(NC(=O)N1C(=O)C2(c3cc(C#Cc4ccc(OC)cc4)ccc31)C(C(=O)N1CCCCCCC1)C1C(=O)OC(c3ccccc3)C(c3ccccc3)N1C2c1ccccc1OCCO)C(C)C. The second kappa shape index (κ2) is 21.5. The molecule has 7 atom stereocenters. The Morgan fingerprint density at radius 2 is 1.40 bits per heavy atom. The van der Waals surface area contributed by atoms with Crippen LogP contribution in [0.2, 0.25) is 0 Å². The summed E-state index contributed by atoms with van der Waals surface area (Å²) in [7, 11) is 2.81. The number of nitrogens with one attached hydrogen (secondary N) is 1. The first kappa shape index (κ1) is 49.5. The molecule has 0 radical (unpaired) electrons. The van der Waals surface area contributed by atoms with E-state index in [4.69, 9.17) is 18.9 Å². The van der Waals surface area contributed by atoms with Crippen LogP contribution in [0.5, 0.6) is 11.5 Å². The summed E-state index contributed by atoms with van der Waals surface area (Å²) in [4.78, 5) is 82.3. The van der Waals surface area contributed by atoms with Crippen molar-refractivity contribution in [2.75, 3.05) is 45.4 Å². The number of carbonyl (C=O) groups excluding carboxylic acids is 5. The van der Waals surface area contributed by atoms with Gasteiger partial charge in [0.15, 0.2) is 0 Å². The number of morpholine rings is 1. The maximum Gasteiger partial charge on any atom is 0.329 e. The minimum atomic E-state index is -2.09. The zero-order chi connectivity index (χ0) is 50.5. The molecule has 5 aromatic carbocycles. The number of benzene rings is 5. The van der Waals surface area contributed by atoms with Gasteiger partial charge in [0.25, 0.3) is 0 Å². The molecule has 4 amide bonds. The van der Waals surface area contributed by atoms with Gasteiger partial charge in [-0.25, -0.2) is 14.5 Å². The van der Waals surface area contributed by atoms with Gasteiger partial charge in [0.05, 0.1) is 44.5 Å². The monoisotopic (exact) mass is 972 g/mol. The summed E-state index contributed by atoms with van der Waals surface area (Å²) in [5.41, 5.74) is 1.34. The lowest BCUT2D eigenvalue weighted by Crippen LogP contribution is -2.58. The van der Waals surface area contributed by atoms with Crippen LogP contribution in [0.1, 0.15) is 97.5 Å². The highest BCUT2D eigenvalue weighted by Gasteiger charge is 2.76. The summed E-state index contributed by atoms with van der Waals surface area (Å²) in [6.07, 6.45) is 3.29. The quantitative estimate of drug-likeness (QED) is 0.0980. The molecule has 1 spiro atoms. The van der Waals surface area contributed by atoms with Crippen LogP contribution in [0, 0.1) is 23.7 Å². The molecule has 2 N–H and O–H groups in total. The van der Waals surface area contributed by atoms with Crippen LogP contribution in [0.3, 0.4) is 0 Å². The number of cyclic esters (lactones) is 1. The molecular weight excluding hydrogens is 913 g/mol. The number of carbonyl (C=O) groups is 5. The molecular formula is C58H60N4O10. The Balaban J connectivity index is 1.38. The van der Waals surface area contributed by atoms with Crippen LogP contribution >= 0.6 is 0 Å². The molecule has 7 unspecified atom stereocenters. The van der Waals surface area contributed by atoms with Crippen molar-refractivity contribution in [1.82, 2.24) is 15.1 Å². The highest BCUT2D eigenvalue weighted by molar-refractivity contribution is 6.25. The first-order chi connectivity index (χ1) is 35.0. The standard InChI is InChI=1S/C58H60N4O10/c1-37(2)48(54(65)70-4)59-57(68)61-45-31-28-39(25-24-38-26-29-42(69-3)30-27-38)36-44(45)58(56(61)67)47(53(64)60-32-16-6-5-7-17-33-60)50-55(66)72-51(41-20-12-9-13-21-41)49(40-18-10-8-11-19-40)62(50)52(58)43-22-14-15-23-46(43)71-35-34-63/h8-15,18-23,26-31,36-37,47-52,63H,5-7,16-17,32-35H2,1-4H3,(H,59,68). The summed E-state index contributed by atoms with van der Waals surface area (Å²) < 4.78 is 23.6. The van der Waals surface area contributed by atoms with Gasteiger partial charge in [-0.2, -0.15) is 0 Å². The van der Waals surface area contributed by atoms with Crippen LogP contribution < -0.4 is 19.7 Å². The first-order valence-corrected chi connectivity index (χ1v) is 24.8. The minimum absolute atomic E-state index is 0.110. The number of anilines is 1. The van der Waals surface area contributed by atoms with Crippen LogP contribution in [0.25, 0.3) is 0 Å². The number of hydrogen-bond acceptors (Lipinski definition) is 11. The fourth-order valence-electron chi connectivity index (χ4n) is 11.2. The van der Waals surface area contributed by atoms with E-state index in [1.165, 1.54) is 7.11 Å². The van der Waals surface area contributed by atoms with Crippen LogP contribution in [-0.2, 0) is 34.1 Å². The smallest absolute Gasteiger partial charge is 0.329 e. The molecule has 4 aliphatic rings. The molecule has 14 heteroatoms. The molecule has 0 bridgehead atoms. The number of amides is 4. The third kappa shape index (κ3) is 9.07. The molecule has 372 valence electrons. The first-order valence-electron chi connectivity index (χ1n) is 24.8. The van der Waals surface area contributed by atoms with Gasteiger partial charge in [-0.05, 0) is 84.0 Å². The van der Waals surface area contributed by atoms with Crippen LogP contribution in [0.4, 0.5) is 10.5 Å². The Hall–Kier alpha value is -7.47. The van der Waals surface area contributed by atoms with Crippen molar-refractivity contribution in [3.05, 3.63) is 161 Å². The molecule has 0 aromatic heterocycles.